The van der Waals surface area contributed by atoms with Crippen LogP contribution in [0.25, 0.3) is 0 Å². The van der Waals surface area contributed by atoms with Crippen molar-refractivity contribution in [3.63, 3.8) is 0 Å². The number of amides is 1. The SMILES string of the molecule is CCCN1CCCCC1C(=O)NCCc1ccc(CO)cc1. The topological polar surface area (TPSA) is 52.6 Å². The van der Waals surface area contributed by atoms with Crippen LogP contribution in [0.3, 0.4) is 0 Å². The van der Waals surface area contributed by atoms with Crippen molar-refractivity contribution in [2.45, 2.75) is 51.7 Å². The zero-order chi connectivity index (χ0) is 15.8. The highest BCUT2D eigenvalue weighted by molar-refractivity contribution is 5.81. The highest BCUT2D eigenvalue weighted by Gasteiger charge is 2.27. The Morgan fingerprint density at radius 2 is 2.00 bits per heavy atom. The molecule has 0 bridgehead atoms. The second-order valence-corrected chi connectivity index (χ2v) is 6.06. The molecule has 1 aromatic carbocycles. The molecule has 1 heterocycles. The van der Waals surface area contributed by atoms with E-state index < -0.39 is 0 Å². The number of aliphatic hydroxyl groups excluding tert-OH is 1. The maximum absolute atomic E-state index is 12.4. The standard InChI is InChI=1S/C18H28N2O2/c1-2-12-20-13-4-3-5-17(20)18(22)19-11-10-15-6-8-16(14-21)9-7-15/h6-9,17,21H,2-5,10-14H2,1H3,(H,19,22). The van der Waals surface area contributed by atoms with Gasteiger partial charge in [0.05, 0.1) is 12.6 Å². The molecule has 1 fully saturated rings. The molecule has 0 aliphatic carbocycles. The summed E-state index contributed by atoms with van der Waals surface area (Å²) in [6.07, 6.45) is 5.28. The maximum atomic E-state index is 12.4. The minimum Gasteiger partial charge on any atom is -0.392 e. The van der Waals surface area contributed by atoms with Crippen molar-refractivity contribution in [3.05, 3.63) is 35.4 Å². The molecule has 2 rings (SSSR count). The molecule has 22 heavy (non-hydrogen) atoms. The number of carbonyl (C=O) groups excluding carboxylic acids is 1. The number of rotatable bonds is 7. The zero-order valence-electron chi connectivity index (χ0n) is 13.6. The largest absolute Gasteiger partial charge is 0.392 e. The average molecular weight is 304 g/mol. The third-order valence-corrected chi connectivity index (χ3v) is 4.35. The molecule has 0 spiro atoms. The number of hydrogen-bond acceptors (Lipinski definition) is 3. The molecular weight excluding hydrogens is 276 g/mol. The number of benzene rings is 1. The fourth-order valence-electron chi connectivity index (χ4n) is 3.10. The van der Waals surface area contributed by atoms with E-state index in [1.165, 1.54) is 12.0 Å². The van der Waals surface area contributed by atoms with Crippen LogP contribution < -0.4 is 5.32 Å². The summed E-state index contributed by atoms with van der Waals surface area (Å²) in [6.45, 7) is 4.98. The molecule has 2 N–H and O–H groups in total. The molecule has 0 aromatic heterocycles. The summed E-state index contributed by atoms with van der Waals surface area (Å²) in [5.74, 6) is 0.181. The molecule has 0 radical (unpaired) electrons. The van der Waals surface area contributed by atoms with Crippen molar-refractivity contribution in [2.24, 2.45) is 0 Å². The van der Waals surface area contributed by atoms with Crippen LogP contribution in [0, 0.1) is 0 Å². The van der Waals surface area contributed by atoms with Crippen LogP contribution in [0.15, 0.2) is 24.3 Å². The zero-order valence-corrected chi connectivity index (χ0v) is 13.6. The van der Waals surface area contributed by atoms with Gasteiger partial charge in [0.1, 0.15) is 0 Å². The number of carbonyl (C=O) groups is 1. The average Bonchev–Trinajstić information content (AvgIpc) is 2.56. The lowest BCUT2D eigenvalue weighted by atomic mass is 10.0. The molecule has 1 aliphatic rings. The van der Waals surface area contributed by atoms with Crippen LogP contribution >= 0.6 is 0 Å². The molecular formula is C18H28N2O2. The maximum Gasteiger partial charge on any atom is 0.237 e. The summed E-state index contributed by atoms with van der Waals surface area (Å²) in [5.41, 5.74) is 2.11. The van der Waals surface area contributed by atoms with Gasteiger partial charge in [-0.2, -0.15) is 0 Å². The van der Waals surface area contributed by atoms with E-state index in [1.54, 1.807) is 0 Å². The smallest absolute Gasteiger partial charge is 0.237 e. The lowest BCUT2D eigenvalue weighted by Gasteiger charge is -2.34. The summed E-state index contributed by atoms with van der Waals surface area (Å²) >= 11 is 0. The van der Waals surface area contributed by atoms with Crippen LogP contribution in [0.2, 0.25) is 0 Å². The Hall–Kier alpha value is -1.39. The van der Waals surface area contributed by atoms with Crippen molar-refractivity contribution in [3.8, 4) is 0 Å². The van der Waals surface area contributed by atoms with Crippen molar-refractivity contribution < 1.29 is 9.90 Å². The number of likely N-dealkylation sites (tertiary alicyclic amines) is 1. The fourth-order valence-corrected chi connectivity index (χ4v) is 3.10. The minimum atomic E-state index is 0.0606. The second kappa shape index (κ2) is 8.91. The lowest BCUT2D eigenvalue weighted by molar-refractivity contribution is -0.127. The predicted octanol–water partition coefficient (Wildman–Crippen LogP) is 2.10. The van der Waals surface area contributed by atoms with Gasteiger partial charge in [-0.25, -0.2) is 0 Å². The molecule has 4 nitrogen and oxygen atoms in total. The van der Waals surface area contributed by atoms with Gasteiger partial charge >= 0.3 is 0 Å². The van der Waals surface area contributed by atoms with Crippen molar-refractivity contribution >= 4 is 5.91 Å². The van der Waals surface area contributed by atoms with Crippen LogP contribution in [0.4, 0.5) is 0 Å². The van der Waals surface area contributed by atoms with Gasteiger partial charge in [0.25, 0.3) is 0 Å². The highest BCUT2D eigenvalue weighted by Crippen LogP contribution is 2.17. The number of piperidine rings is 1. The first-order valence-corrected chi connectivity index (χ1v) is 8.45. The van der Waals surface area contributed by atoms with E-state index in [9.17, 15) is 4.79 Å². The number of nitrogens with zero attached hydrogens (tertiary/aromatic N) is 1. The molecule has 1 aliphatic heterocycles. The summed E-state index contributed by atoms with van der Waals surface area (Å²) in [7, 11) is 0. The summed E-state index contributed by atoms with van der Waals surface area (Å²) < 4.78 is 0. The summed E-state index contributed by atoms with van der Waals surface area (Å²) in [4.78, 5) is 14.7. The monoisotopic (exact) mass is 304 g/mol. The third-order valence-electron chi connectivity index (χ3n) is 4.35. The van der Waals surface area contributed by atoms with Gasteiger partial charge in [0, 0.05) is 6.54 Å². The highest BCUT2D eigenvalue weighted by atomic mass is 16.3. The van der Waals surface area contributed by atoms with E-state index in [2.05, 4.69) is 17.1 Å². The predicted molar refractivity (Wildman–Crippen MR) is 88.6 cm³/mol. The van der Waals surface area contributed by atoms with Gasteiger partial charge < -0.3 is 10.4 Å². The number of aliphatic hydroxyl groups is 1. The van der Waals surface area contributed by atoms with Gasteiger partial charge in [-0.15, -0.1) is 0 Å². The molecule has 1 amide bonds. The molecule has 1 atom stereocenters. The number of hydrogen-bond donors (Lipinski definition) is 2. The van der Waals surface area contributed by atoms with E-state index in [-0.39, 0.29) is 18.6 Å². The molecule has 0 saturated carbocycles. The van der Waals surface area contributed by atoms with Crippen molar-refractivity contribution in [1.82, 2.24) is 10.2 Å². The van der Waals surface area contributed by atoms with Crippen molar-refractivity contribution in [1.29, 1.82) is 0 Å². The summed E-state index contributed by atoms with van der Waals surface area (Å²) in [6, 6.07) is 7.96. The van der Waals surface area contributed by atoms with Crippen LogP contribution in [0.5, 0.6) is 0 Å². The molecule has 4 heteroatoms. The quantitative estimate of drug-likeness (QED) is 0.811. The van der Waals surface area contributed by atoms with Gasteiger partial charge in [-0.1, -0.05) is 37.6 Å². The Bertz CT molecular complexity index is 457. The number of nitrogens with one attached hydrogen (secondary N) is 1. The molecule has 1 aromatic rings. The second-order valence-electron chi connectivity index (χ2n) is 6.06. The Balaban J connectivity index is 1.78. The van der Waals surface area contributed by atoms with Crippen LogP contribution in [-0.2, 0) is 17.8 Å². The summed E-state index contributed by atoms with van der Waals surface area (Å²) in [5, 5.41) is 12.1. The molecule has 122 valence electrons. The van der Waals surface area contributed by atoms with Crippen LogP contribution in [-0.4, -0.2) is 41.6 Å². The Morgan fingerprint density at radius 1 is 1.27 bits per heavy atom. The first-order chi connectivity index (χ1) is 10.7. The first-order valence-electron chi connectivity index (χ1n) is 8.45. The van der Waals surface area contributed by atoms with Gasteiger partial charge in [-0.3, -0.25) is 9.69 Å². The minimum absolute atomic E-state index is 0.0606. The van der Waals surface area contributed by atoms with E-state index >= 15 is 0 Å². The lowest BCUT2D eigenvalue weighted by Crippen LogP contribution is -2.50. The first kappa shape index (κ1) is 17.0. The molecule has 1 saturated heterocycles. The van der Waals surface area contributed by atoms with Crippen LogP contribution in [0.1, 0.15) is 43.7 Å². The normalized spacial score (nSPS) is 19.1. The van der Waals surface area contributed by atoms with Gasteiger partial charge in [-0.05, 0) is 49.9 Å². The van der Waals surface area contributed by atoms with E-state index in [4.69, 9.17) is 5.11 Å². The Morgan fingerprint density at radius 3 is 2.68 bits per heavy atom. The van der Waals surface area contributed by atoms with Crippen molar-refractivity contribution in [2.75, 3.05) is 19.6 Å². The fraction of sp³-hybridized carbons (Fsp3) is 0.611. The Kier molecular flexibility index (Phi) is 6.87. The van der Waals surface area contributed by atoms with Gasteiger partial charge in [0.2, 0.25) is 5.91 Å². The van der Waals surface area contributed by atoms with E-state index in [0.717, 1.165) is 44.3 Å². The molecule has 1 unspecified atom stereocenters. The Labute approximate surface area is 133 Å². The van der Waals surface area contributed by atoms with E-state index in [1.807, 2.05) is 24.3 Å². The van der Waals surface area contributed by atoms with E-state index in [0.29, 0.717) is 6.54 Å². The van der Waals surface area contributed by atoms with Gasteiger partial charge in [0.15, 0.2) is 0 Å². The third kappa shape index (κ3) is 4.82.